The van der Waals surface area contributed by atoms with Gasteiger partial charge in [-0.15, -0.1) is 11.8 Å². The minimum atomic E-state index is -0.586. The normalized spacial score (nSPS) is 22.8. The average molecular weight is 517 g/mol. The highest BCUT2D eigenvalue weighted by Crippen LogP contribution is 2.45. The van der Waals surface area contributed by atoms with Crippen LogP contribution in [0.5, 0.6) is 0 Å². The van der Waals surface area contributed by atoms with Crippen molar-refractivity contribution < 1.29 is 24.2 Å². The summed E-state index contributed by atoms with van der Waals surface area (Å²) in [6, 6.07) is 10.2. The van der Waals surface area contributed by atoms with Crippen molar-refractivity contribution in [3.05, 3.63) is 54.6 Å². The molecule has 0 bridgehead atoms. The first-order chi connectivity index (χ1) is 17.5. The van der Waals surface area contributed by atoms with Gasteiger partial charge in [0.2, 0.25) is 0 Å². The molecule has 200 valence electrons. The lowest BCUT2D eigenvalue weighted by atomic mass is 9.86. The van der Waals surface area contributed by atoms with E-state index in [1.54, 1.807) is 18.7 Å². The molecule has 6 heteroatoms. The van der Waals surface area contributed by atoms with E-state index < -0.39 is 6.10 Å². The van der Waals surface area contributed by atoms with Crippen LogP contribution in [-0.4, -0.2) is 41.1 Å². The summed E-state index contributed by atoms with van der Waals surface area (Å²) in [4.78, 5) is 24.9. The number of hydrogen-bond acceptors (Lipinski definition) is 6. The van der Waals surface area contributed by atoms with Crippen LogP contribution in [0.1, 0.15) is 78.6 Å². The topological polar surface area (TPSA) is 72.8 Å². The monoisotopic (exact) mass is 516 g/mol. The smallest absolute Gasteiger partial charge is 0.305 e. The van der Waals surface area contributed by atoms with Crippen molar-refractivity contribution in [2.24, 2.45) is 11.8 Å². The Labute approximate surface area is 221 Å². The summed E-state index contributed by atoms with van der Waals surface area (Å²) in [5.74, 6) is -0.669. The van der Waals surface area contributed by atoms with Crippen LogP contribution in [0.2, 0.25) is 0 Å². The van der Waals surface area contributed by atoms with Crippen molar-refractivity contribution in [1.82, 2.24) is 0 Å². The van der Waals surface area contributed by atoms with E-state index in [9.17, 15) is 14.7 Å². The molecule has 1 aromatic rings. The third-order valence-corrected chi connectivity index (χ3v) is 7.85. The van der Waals surface area contributed by atoms with Crippen LogP contribution >= 0.6 is 11.8 Å². The van der Waals surface area contributed by atoms with Crippen LogP contribution in [0.3, 0.4) is 0 Å². The summed E-state index contributed by atoms with van der Waals surface area (Å²) in [6.45, 7) is 5.80. The van der Waals surface area contributed by atoms with Gasteiger partial charge in [-0.1, -0.05) is 62.3 Å². The van der Waals surface area contributed by atoms with Crippen molar-refractivity contribution in [3.8, 4) is 0 Å². The first kappa shape index (κ1) is 30.2. The number of carbonyl (C=O) groups is 2. The lowest BCUT2D eigenvalue weighted by Crippen LogP contribution is -2.32. The molecule has 0 amide bonds. The standard InChI is InChI=1S/C30H44O5S/c1-4-6-7-8-9-10-11-15-20-28(36-24-17-13-12-14-18-24)30-25(19-16-21-29(33)34-5-2)27(22-26(30)32)35-23(3)31/h9-10,12-15,17-18,20,25-28,30,32H,4-8,11,16,19,21-22H2,1-3H3/b10-9-,20-15-/t25-,26-,27+,28+,30-/m0/s1. The van der Waals surface area contributed by atoms with E-state index in [1.807, 2.05) is 18.2 Å². The molecule has 36 heavy (non-hydrogen) atoms. The molecule has 1 saturated carbocycles. The van der Waals surface area contributed by atoms with Gasteiger partial charge in [-0.3, -0.25) is 9.59 Å². The maximum Gasteiger partial charge on any atom is 0.305 e. The van der Waals surface area contributed by atoms with Gasteiger partial charge in [-0.2, -0.15) is 0 Å². The molecule has 0 heterocycles. The third-order valence-electron chi connectivity index (χ3n) is 6.56. The first-order valence-corrected chi connectivity index (χ1v) is 14.4. The van der Waals surface area contributed by atoms with Crippen LogP contribution in [-0.2, 0) is 19.1 Å². The molecule has 0 unspecified atom stereocenters. The fourth-order valence-electron chi connectivity index (χ4n) is 4.93. The van der Waals surface area contributed by atoms with Gasteiger partial charge < -0.3 is 14.6 Å². The summed E-state index contributed by atoms with van der Waals surface area (Å²) < 4.78 is 10.7. The molecule has 5 nitrogen and oxygen atoms in total. The number of benzene rings is 1. The molecule has 1 aliphatic carbocycles. The fraction of sp³-hybridized carbons (Fsp3) is 0.600. The Hall–Kier alpha value is -2.05. The maximum atomic E-state index is 11.9. The van der Waals surface area contributed by atoms with Gasteiger partial charge in [-0.25, -0.2) is 0 Å². The average Bonchev–Trinajstić information content (AvgIpc) is 3.14. The first-order valence-electron chi connectivity index (χ1n) is 13.5. The van der Waals surface area contributed by atoms with Gasteiger partial charge in [0.1, 0.15) is 6.10 Å². The van der Waals surface area contributed by atoms with Crippen LogP contribution in [0.15, 0.2) is 59.5 Å². The number of hydrogen-bond donors (Lipinski definition) is 1. The molecule has 1 N–H and O–H groups in total. The number of unbranched alkanes of at least 4 members (excludes halogenated alkanes) is 3. The second-order valence-electron chi connectivity index (χ2n) is 9.42. The molecule has 0 radical (unpaired) electrons. The minimum Gasteiger partial charge on any atom is -0.466 e. The molecule has 1 fully saturated rings. The van der Waals surface area contributed by atoms with E-state index in [-0.39, 0.29) is 35.1 Å². The van der Waals surface area contributed by atoms with Crippen LogP contribution in [0.4, 0.5) is 0 Å². The van der Waals surface area contributed by atoms with E-state index in [0.717, 1.165) is 17.7 Å². The number of ether oxygens (including phenoxy) is 2. The number of rotatable bonds is 16. The number of aliphatic hydroxyl groups is 1. The quantitative estimate of drug-likeness (QED) is 0.112. The summed E-state index contributed by atoms with van der Waals surface area (Å²) in [5, 5.41) is 11.2. The Morgan fingerprint density at radius 1 is 1.11 bits per heavy atom. The van der Waals surface area contributed by atoms with E-state index in [0.29, 0.717) is 32.3 Å². The second kappa shape index (κ2) is 17.4. The Balaban J connectivity index is 2.18. The molecule has 0 spiro atoms. The van der Waals surface area contributed by atoms with Crippen molar-refractivity contribution in [2.45, 2.75) is 101 Å². The molecule has 1 aromatic carbocycles. The highest BCUT2D eigenvalue weighted by molar-refractivity contribution is 8.00. The number of esters is 2. The molecular formula is C30H44O5S. The van der Waals surface area contributed by atoms with Crippen LogP contribution < -0.4 is 0 Å². The van der Waals surface area contributed by atoms with E-state index >= 15 is 0 Å². The minimum absolute atomic E-state index is 0.0176. The molecule has 0 saturated heterocycles. The van der Waals surface area contributed by atoms with E-state index in [4.69, 9.17) is 9.47 Å². The van der Waals surface area contributed by atoms with Crippen LogP contribution in [0, 0.1) is 11.8 Å². The van der Waals surface area contributed by atoms with Gasteiger partial charge in [0.15, 0.2) is 0 Å². The summed E-state index contributed by atoms with van der Waals surface area (Å²) in [7, 11) is 0. The Morgan fingerprint density at radius 2 is 1.89 bits per heavy atom. The third kappa shape index (κ3) is 10.9. The summed E-state index contributed by atoms with van der Waals surface area (Å²) in [5.41, 5.74) is 0. The Bertz CT molecular complexity index is 822. The number of thioether (sulfide) groups is 1. The number of aliphatic hydroxyl groups excluding tert-OH is 1. The van der Waals surface area contributed by atoms with Crippen molar-refractivity contribution in [2.75, 3.05) is 6.61 Å². The van der Waals surface area contributed by atoms with Crippen molar-refractivity contribution in [3.63, 3.8) is 0 Å². The van der Waals surface area contributed by atoms with Crippen molar-refractivity contribution >= 4 is 23.7 Å². The second-order valence-corrected chi connectivity index (χ2v) is 10.7. The zero-order valence-electron chi connectivity index (χ0n) is 22.1. The maximum absolute atomic E-state index is 11.9. The SMILES string of the molecule is CCCCC/C=C\C/C=C\[C@@H](Sc1ccccc1)[C@H]1[C@@H](CCCC(=O)OCC)[C@H](OC(C)=O)C[C@@H]1O. The highest BCUT2D eigenvalue weighted by Gasteiger charge is 2.47. The molecule has 2 rings (SSSR count). The number of carbonyl (C=O) groups excluding carboxylic acids is 2. The van der Waals surface area contributed by atoms with E-state index in [2.05, 4.69) is 43.4 Å². The molecule has 0 aromatic heterocycles. The lowest BCUT2D eigenvalue weighted by molar-refractivity contribution is -0.149. The largest absolute Gasteiger partial charge is 0.466 e. The summed E-state index contributed by atoms with van der Waals surface area (Å²) in [6.07, 6.45) is 15.7. The number of allylic oxidation sites excluding steroid dienone is 3. The predicted molar refractivity (Wildman–Crippen MR) is 147 cm³/mol. The lowest BCUT2D eigenvalue weighted by Gasteiger charge is -2.30. The molecule has 0 aliphatic heterocycles. The molecule has 5 atom stereocenters. The molecule has 1 aliphatic rings. The Morgan fingerprint density at radius 3 is 2.58 bits per heavy atom. The highest BCUT2D eigenvalue weighted by atomic mass is 32.2. The van der Waals surface area contributed by atoms with E-state index in [1.165, 1.54) is 26.2 Å². The van der Waals surface area contributed by atoms with Crippen molar-refractivity contribution in [1.29, 1.82) is 0 Å². The van der Waals surface area contributed by atoms with Crippen LogP contribution in [0.25, 0.3) is 0 Å². The van der Waals surface area contributed by atoms with Gasteiger partial charge in [-0.05, 0) is 51.2 Å². The zero-order chi connectivity index (χ0) is 26.2. The summed E-state index contributed by atoms with van der Waals surface area (Å²) >= 11 is 1.73. The zero-order valence-corrected chi connectivity index (χ0v) is 23.0. The van der Waals surface area contributed by atoms with Gasteiger partial charge in [0.05, 0.1) is 12.7 Å². The Kier molecular flexibility index (Phi) is 14.6. The van der Waals surface area contributed by atoms with Gasteiger partial charge in [0, 0.05) is 41.7 Å². The predicted octanol–water partition coefficient (Wildman–Crippen LogP) is 6.89. The van der Waals surface area contributed by atoms with Gasteiger partial charge >= 0.3 is 11.9 Å². The van der Waals surface area contributed by atoms with Gasteiger partial charge in [0.25, 0.3) is 0 Å². The fourth-order valence-corrected chi connectivity index (χ4v) is 6.29. The molecular weight excluding hydrogens is 472 g/mol.